The van der Waals surface area contributed by atoms with Crippen LogP contribution >= 0.6 is 0 Å². The molecule has 0 fully saturated rings. The number of aromatic amines is 1. The van der Waals surface area contributed by atoms with Crippen molar-refractivity contribution in [2.24, 2.45) is 0 Å². The first-order valence-corrected chi connectivity index (χ1v) is 10.8. The average Bonchev–Trinajstić information content (AvgIpc) is 3.52. The summed E-state index contributed by atoms with van der Waals surface area (Å²) in [6.45, 7) is 1.75. The Balaban J connectivity index is 1.63. The number of nitrogens with one attached hydrogen (secondary N) is 1. The van der Waals surface area contributed by atoms with Crippen LogP contribution in [0, 0.1) is 0 Å². The minimum absolute atomic E-state index is 0.0196. The molecule has 0 spiro atoms. The van der Waals surface area contributed by atoms with Crippen molar-refractivity contribution in [1.82, 2.24) is 29.9 Å². The molecule has 0 bridgehead atoms. The van der Waals surface area contributed by atoms with E-state index in [0.29, 0.717) is 23.6 Å². The molecule has 184 valence electrons. The van der Waals surface area contributed by atoms with Crippen molar-refractivity contribution < 1.29 is 22.3 Å². The molecule has 1 atom stereocenters. The van der Waals surface area contributed by atoms with E-state index >= 15 is 0 Å². The van der Waals surface area contributed by atoms with Crippen LogP contribution in [0.5, 0.6) is 5.75 Å². The van der Waals surface area contributed by atoms with Gasteiger partial charge in [0.1, 0.15) is 17.0 Å². The molecule has 5 rings (SSSR count). The molecule has 0 saturated carbocycles. The van der Waals surface area contributed by atoms with E-state index in [1.165, 1.54) is 16.8 Å². The Bertz CT molecular complexity index is 1570. The Labute approximate surface area is 201 Å². The van der Waals surface area contributed by atoms with Gasteiger partial charge < -0.3 is 14.1 Å². The Kier molecular flexibility index (Phi) is 5.78. The fourth-order valence-electron chi connectivity index (χ4n) is 3.94. The van der Waals surface area contributed by atoms with Gasteiger partial charge in [-0.1, -0.05) is 24.3 Å². The topological polar surface area (TPSA) is 112 Å². The third-order valence-corrected chi connectivity index (χ3v) is 5.77. The molecule has 3 heterocycles. The number of ether oxygens (including phenoxy) is 1. The predicted molar refractivity (Wildman–Crippen MR) is 122 cm³/mol. The van der Waals surface area contributed by atoms with E-state index in [2.05, 4.69) is 25.3 Å². The van der Waals surface area contributed by atoms with E-state index in [1.54, 1.807) is 20.1 Å². The number of aromatic nitrogens is 6. The van der Waals surface area contributed by atoms with Crippen LogP contribution in [0.15, 0.2) is 64.1 Å². The highest BCUT2D eigenvalue weighted by atomic mass is 19.4. The van der Waals surface area contributed by atoms with Gasteiger partial charge in [-0.15, -0.1) is 10.2 Å². The number of alkyl halides is 3. The van der Waals surface area contributed by atoms with Gasteiger partial charge in [0.25, 0.3) is 11.4 Å². The number of rotatable bonds is 6. The molecule has 0 radical (unpaired) electrons. The van der Waals surface area contributed by atoms with Gasteiger partial charge >= 0.3 is 6.18 Å². The maximum Gasteiger partial charge on any atom is 0.416 e. The maximum atomic E-state index is 13.2. The molecule has 0 amide bonds. The minimum atomic E-state index is -4.45. The van der Waals surface area contributed by atoms with Crippen LogP contribution in [0.1, 0.15) is 35.5 Å². The van der Waals surface area contributed by atoms with Crippen LogP contribution in [0.2, 0.25) is 0 Å². The zero-order valence-corrected chi connectivity index (χ0v) is 19.1. The van der Waals surface area contributed by atoms with E-state index in [-0.39, 0.29) is 22.6 Å². The zero-order valence-electron chi connectivity index (χ0n) is 19.1. The Morgan fingerprint density at radius 2 is 1.94 bits per heavy atom. The molecule has 0 aliphatic carbocycles. The summed E-state index contributed by atoms with van der Waals surface area (Å²) in [5.74, 6) is 1.06. The van der Waals surface area contributed by atoms with Crippen molar-refractivity contribution in [3.63, 3.8) is 0 Å². The van der Waals surface area contributed by atoms with Gasteiger partial charge in [-0.25, -0.2) is 9.67 Å². The van der Waals surface area contributed by atoms with Crippen molar-refractivity contribution in [3.8, 4) is 17.3 Å². The van der Waals surface area contributed by atoms with Crippen LogP contribution in [-0.2, 0) is 12.6 Å². The van der Waals surface area contributed by atoms with E-state index in [9.17, 15) is 18.0 Å². The molecule has 1 N–H and O–H groups in total. The summed E-state index contributed by atoms with van der Waals surface area (Å²) in [6.07, 6.45) is -3.04. The van der Waals surface area contributed by atoms with Crippen molar-refractivity contribution in [2.45, 2.75) is 25.6 Å². The first-order valence-electron chi connectivity index (χ1n) is 10.8. The normalized spacial score (nSPS) is 12.7. The molecule has 9 nitrogen and oxygen atoms in total. The van der Waals surface area contributed by atoms with Gasteiger partial charge in [-0.2, -0.15) is 18.3 Å². The van der Waals surface area contributed by atoms with Crippen LogP contribution in [-0.4, -0.2) is 37.1 Å². The highest BCUT2D eigenvalue weighted by molar-refractivity contribution is 5.88. The molecule has 0 aliphatic heterocycles. The molecule has 0 unspecified atom stereocenters. The van der Waals surface area contributed by atoms with Gasteiger partial charge in [-0.05, 0) is 42.3 Å². The second-order valence-electron chi connectivity index (χ2n) is 8.07. The first-order chi connectivity index (χ1) is 17.2. The molecule has 0 saturated heterocycles. The standard InChI is InChI=1S/C24H19F3N6O3/c1-13(15-6-8-16(9-7-15)24(25,26)27)33-21-19(20(32-33)23-31-28-12-36-23)22(34)30-18(29-21)11-14-4-3-5-17(10-14)35-2/h3-10,12-13H,11H2,1-2H3,(H,29,30,34)/t13-/m0/s1. The van der Waals surface area contributed by atoms with Crippen LogP contribution in [0.3, 0.4) is 0 Å². The Hall–Kier alpha value is -4.48. The van der Waals surface area contributed by atoms with Gasteiger partial charge in [-0.3, -0.25) is 4.79 Å². The van der Waals surface area contributed by atoms with Crippen molar-refractivity contribution in [1.29, 1.82) is 0 Å². The minimum Gasteiger partial charge on any atom is -0.497 e. The van der Waals surface area contributed by atoms with Gasteiger partial charge in [0.15, 0.2) is 11.3 Å². The quantitative estimate of drug-likeness (QED) is 0.371. The number of halogens is 3. The van der Waals surface area contributed by atoms with E-state index in [4.69, 9.17) is 9.15 Å². The summed E-state index contributed by atoms with van der Waals surface area (Å²) in [5.41, 5.74) is 0.541. The molecule has 2 aromatic carbocycles. The number of H-pyrrole nitrogens is 1. The zero-order chi connectivity index (χ0) is 25.4. The summed E-state index contributed by atoms with van der Waals surface area (Å²) in [6, 6.07) is 11.5. The largest absolute Gasteiger partial charge is 0.497 e. The smallest absolute Gasteiger partial charge is 0.416 e. The predicted octanol–water partition coefficient (Wildman–Crippen LogP) is 4.40. The summed E-state index contributed by atoms with van der Waals surface area (Å²) >= 11 is 0. The third-order valence-electron chi connectivity index (χ3n) is 5.77. The van der Waals surface area contributed by atoms with E-state index < -0.39 is 23.3 Å². The molecule has 0 aliphatic rings. The number of fused-ring (bicyclic) bond motifs is 1. The SMILES string of the molecule is COc1cccc(Cc2nc3c(c(-c4nnco4)nn3[C@@H](C)c3ccc(C(F)(F)F)cc3)c(=O)[nH]2)c1. The monoisotopic (exact) mass is 496 g/mol. The van der Waals surface area contributed by atoms with E-state index in [1.807, 2.05) is 18.2 Å². The number of hydrogen-bond donors (Lipinski definition) is 1. The lowest BCUT2D eigenvalue weighted by atomic mass is 10.1. The average molecular weight is 496 g/mol. The first kappa shape index (κ1) is 23.3. The van der Waals surface area contributed by atoms with Crippen LogP contribution in [0.25, 0.3) is 22.6 Å². The van der Waals surface area contributed by atoms with Crippen molar-refractivity contribution >= 4 is 11.0 Å². The lowest BCUT2D eigenvalue weighted by molar-refractivity contribution is -0.137. The fourth-order valence-corrected chi connectivity index (χ4v) is 3.94. The van der Waals surface area contributed by atoms with Crippen LogP contribution < -0.4 is 10.3 Å². The molecule has 36 heavy (non-hydrogen) atoms. The summed E-state index contributed by atoms with van der Waals surface area (Å²) in [7, 11) is 1.56. The number of nitrogens with zero attached hydrogens (tertiary/aromatic N) is 5. The summed E-state index contributed by atoms with van der Waals surface area (Å²) < 4.78 is 51.1. The van der Waals surface area contributed by atoms with Gasteiger partial charge in [0.2, 0.25) is 6.39 Å². The number of benzene rings is 2. The molecule has 12 heteroatoms. The lowest BCUT2D eigenvalue weighted by Gasteiger charge is -2.15. The second-order valence-corrected chi connectivity index (χ2v) is 8.07. The summed E-state index contributed by atoms with van der Waals surface area (Å²) in [5, 5.41) is 12.2. The van der Waals surface area contributed by atoms with Crippen molar-refractivity contribution in [2.75, 3.05) is 7.11 Å². The molecular formula is C24H19F3N6O3. The lowest BCUT2D eigenvalue weighted by Crippen LogP contribution is -2.15. The van der Waals surface area contributed by atoms with Crippen LogP contribution in [0.4, 0.5) is 13.2 Å². The summed E-state index contributed by atoms with van der Waals surface area (Å²) in [4.78, 5) is 20.6. The second kappa shape index (κ2) is 8.95. The third kappa shape index (κ3) is 4.32. The highest BCUT2D eigenvalue weighted by Gasteiger charge is 2.30. The van der Waals surface area contributed by atoms with E-state index in [0.717, 1.165) is 24.1 Å². The maximum absolute atomic E-state index is 13.2. The number of hydrogen-bond acceptors (Lipinski definition) is 7. The molecule has 5 aromatic rings. The Morgan fingerprint density at radius 1 is 1.17 bits per heavy atom. The van der Waals surface area contributed by atoms with Crippen molar-refractivity contribution in [3.05, 3.63) is 87.8 Å². The Morgan fingerprint density at radius 3 is 2.61 bits per heavy atom. The molecule has 3 aromatic heterocycles. The van der Waals surface area contributed by atoms with Gasteiger partial charge in [0.05, 0.1) is 18.7 Å². The fraction of sp³-hybridized carbons (Fsp3) is 0.208. The highest BCUT2D eigenvalue weighted by Crippen LogP contribution is 2.32. The number of methoxy groups -OCH3 is 1. The molecular weight excluding hydrogens is 477 g/mol. The van der Waals surface area contributed by atoms with Gasteiger partial charge in [0, 0.05) is 6.42 Å².